The smallest absolute Gasteiger partial charge is 0.382 e. The van der Waals surface area contributed by atoms with E-state index in [1.807, 2.05) is 5.92 Å². The van der Waals surface area contributed by atoms with Crippen LogP contribution in [-0.2, 0) is 4.79 Å². The van der Waals surface area contributed by atoms with Gasteiger partial charge in [-0.25, -0.2) is 9.18 Å². The predicted molar refractivity (Wildman–Crippen MR) is 58.4 cm³/mol. The molecule has 0 saturated heterocycles. The number of fused-ring (bicyclic) bond motifs is 1. The van der Waals surface area contributed by atoms with Crippen molar-refractivity contribution in [3.05, 3.63) is 47.8 Å². The van der Waals surface area contributed by atoms with E-state index in [4.69, 9.17) is 5.11 Å². The second-order valence-electron chi connectivity index (χ2n) is 3.20. The van der Waals surface area contributed by atoms with Gasteiger partial charge in [-0.1, -0.05) is 30.2 Å². The Hall–Kier alpha value is -2.34. The molecule has 2 nitrogen and oxygen atoms in total. The van der Waals surface area contributed by atoms with Gasteiger partial charge in [0.1, 0.15) is 5.82 Å². The minimum Gasteiger partial charge on any atom is -0.472 e. The summed E-state index contributed by atoms with van der Waals surface area (Å²) in [5, 5.41) is 9.52. The van der Waals surface area contributed by atoms with Gasteiger partial charge < -0.3 is 5.11 Å². The molecule has 0 heterocycles. The van der Waals surface area contributed by atoms with Gasteiger partial charge in [-0.15, -0.1) is 0 Å². The molecule has 3 heteroatoms. The Morgan fingerprint density at radius 2 is 1.81 bits per heavy atom. The van der Waals surface area contributed by atoms with Crippen molar-refractivity contribution in [2.45, 2.75) is 0 Å². The molecule has 0 aliphatic carbocycles. The van der Waals surface area contributed by atoms with Crippen molar-refractivity contribution < 1.29 is 14.3 Å². The van der Waals surface area contributed by atoms with Gasteiger partial charge in [0.25, 0.3) is 0 Å². The van der Waals surface area contributed by atoms with Gasteiger partial charge in [0.15, 0.2) is 0 Å². The molecular weight excluding hydrogens is 207 g/mol. The molecule has 2 aromatic carbocycles. The van der Waals surface area contributed by atoms with Crippen LogP contribution in [0.1, 0.15) is 5.56 Å². The van der Waals surface area contributed by atoms with E-state index in [1.165, 1.54) is 12.1 Å². The third kappa shape index (κ3) is 1.86. The van der Waals surface area contributed by atoms with Gasteiger partial charge in [0, 0.05) is 22.3 Å². The SMILES string of the molecule is O=C(O)C#Cc1ccc(F)c2ccccc12. The van der Waals surface area contributed by atoms with Crippen molar-refractivity contribution >= 4 is 16.7 Å². The van der Waals surface area contributed by atoms with E-state index in [0.29, 0.717) is 16.3 Å². The standard InChI is InChI=1S/C13H7FO2/c14-12-7-5-9(6-8-13(15)16)10-3-1-2-4-11(10)12/h1-5,7H,(H,15,16). The molecule has 0 spiro atoms. The summed E-state index contributed by atoms with van der Waals surface area (Å²) in [6.45, 7) is 0. The quantitative estimate of drug-likeness (QED) is 0.684. The maximum absolute atomic E-state index is 13.4. The Morgan fingerprint density at radius 1 is 1.12 bits per heavy atom. The van der Waals surface area contributed by atoms with Crippen LogP contribution in [0.3, 0.4) is 0 Å². The topological polar surface area (TPSA) is 37.3 Å². The summed E-state index contributed by atoms with van der Waals surface area (Å²) in [7, 11) is 0. The fourth-order valence-corrected chi connectivity index (χ4v) is 1.49. The molecule has 78 valence electrons. The van der Waals surface area contributed by atoms with Crippen molar-refractivity contribution in [3.63, 3.8) is 0 Å². The first-order valence-corrected chi connectivity index (χ1v) is 4.60. The summed E-state index contributed by atoms with van der Waals surface area (Å²) in [6.07, 6.45) is 0. The highest BCUT2D eigenvalue weighted by molar-refractivity contribution is 5.92. The molecule has 0 aliphatic heterocycles. The number of aliphatic carboxylic acids is 1. The molecule has 0 radical (unpaired) electrons. The van der Waals surface area contributed by atoms with Crippen LogP contribution in [0.5, 0.6) is 0 Å². The van der Waals surface area contributed by atoms with E-state index in [1.54, 1.807) is 24.3 Å². The zero-order valence-electron chi connectivity index (χ0n) is 8.20. The number of hydrogen-bond donors (Lipinski definition) is 1. The number of hydrogen-bond acceptors (Lipinski definition) is 1. The van der Waals surface area contributed by atoms with Crippen LogP contribution in [0.2, 0.25) is 0 Å². The van der Waals surface area contributed by atoms with Gasteiger partial charge in [0.05, 0.1) is 0 Å². The molecule has 2 rings (SSSR count). The molecule has 1 N–H and O–H groups in total. The first-order chi connectivity index (χ1) is 7.68. The van der Waals surface area contributed by atoms with Crippen LogP contribution < -0.4 is 0 Å². The summed E-state index contributed by atoms with van der Waals surface area (Å²) in [5.74, 6) is 2.98. The zero-order valence-corrected chi connectivity index (χ0v) is 8.20. The third-order valence-corrected chi connectivity index (χ3v) is 2.17. The molecule has 0 bridgehead atoms. The molecule has 0 atom stereocenters. The average Bonchev–Trinajstić information content (AvgIpc) is 2.28. The van der Waals surface area contributed by atoms with E-state index < -0.39 is 5.97 Å². The minimum atomic E-state index is -1.20. The Kier molecular flexibility index (Phi) is 2.57. The fraction of sp³-hybridized carbons (Fsp3) is 0. The number of carboxylic acid groups (broad SMARTS) is 1. The maximum Gasteiger partial charge on any atom is 0.382 e. The van der Waals surface area contributed by atoms with Crippen molar-refractivity contribution in [1.82, 2.24) is 0 Å². The number of halogens is 1. The molecule has 16 heavy (non-hydrogen) atoms. The maximum atomic E-state index is 13.4. The Balaban J connectivity index is 2.69. The molecule has 0 fully saturated rings. The normalized spacial score (nSPS) is 9.56. The van der Waals surface area contributed by atoms with Gasteiger partial charge in [-0.05, 0) is 12.1 Å². The van der Waals surface area contributed by atoms with E-state index in [0.717, 1.165) is 0 Å². The minimum absolute atomic E-state index is 0.337. The Morgan fingerprint density at radius 3 is 2.50 bits per heavy atom. The molecule has 0 aliphatic rings. The van der Waals surface area contributed by atoms with Crippen molar-refractivity contribution in [1.29, 1.82) is 0 Å². The molecule has 0 unspecified atom stereocenters. The monoisotopic (exact) mass is 214 g/mol. The van der Waals surface area contributed by atoms with Crippen molar-refractivity contribution in [2.75, 3.05) is 0 Å². The van der Waals surface area contributed by atoms with Gasteiger partial charge in [-0.2, -0.15) is 0 Å². The molecule has 0 amide bonds. The Labute approximate surface area is 91.3 Å². The van der Waals surface area contributed by atoms with Crippen LogP contribution in [0.25, 0.3) is 10.8 Å². The van der Waals surface area contributed by atoms with Crippen LogP contribution >= 0.6 is 0 Å². The first kappa shape index (κ1) is 10.2. The molecule has 0 saturated carbocycles. The van der Waals surface area contributed by atoms with Gasteiger partial charge in [0.2, 0.25) is 0 Å². The number of benzene rings is 2. The lowest BCUT2D eigenvalue weighted by molar-refractivity contribution is -0.130. The predicted octanol–water partition coefficient (Wildman–Crippen LogP) is 2.42. The second kappa shape index (κ2) is 4.03. The molecular formula is C13H7FO2. The Bertz CT molecular complexity index is 621. The lowest BCUT2D eigenvalue weighted by Crippen LogP contribution is -1.88. The summed E-state index contributed by atoms with van der Waals surface area (Å²) >= 11 is 0. The highest BCUT2D eigenvalue weighted by atomic mass is 19.1. The number of carbonyl (C=O) groups is 1. The van der Waals surface area contributed by atoms with E-state index in [-0.39, 0.29) is 5.82 Å². The van der Waals surface area contributed by atoms with Crippen LogP contribution in [-0.4, -0.2) is 11.1 Å². The molecule has 2 aromatic rings. The van der Waals surface area contributed by atoms with Crippen molar-refractivity contribution in [2.24, 2.45) is 0 Å². The van der Waals surface area contributed by atoms with Crippen LogP contribution in [0.15, 0.2) is 36.4 Å². The lowest BCUT2D eigenvalue weighted by atomic mass is 10.0. The van der Waals surface area contributed by atoms with E-state index in [9.17, 15) is 9.18 Å². The highest BCUT2D eigenvalue weighted by Gasteiger charge is 2.03. The van der Waals surface area contributed by atoms with E-state index >= 15 is 0 Å². The highest BCUT2D eigenvalue weighted by Crippen LogP contribution is 2.20. The lowest BCUT2D eigenvalue weighted by Gasteiger charge is -2.01. The first-order valence-electron chi connectivity index (χ1n) is 4.60. The fourth-order valence-electron chi connectivity index (χ4n) is 1.49. The average molecular weight is 214 g/mol. The second-order valence-corrected chi connectivity index (χ2v) is 3.20. The summed E-state index contributed by atoms with van der Waals surface area (Å²) in [5.41, 5.74) is 0.513. The largest absolute Gasteiger partial charge is 0.472 e. The van der Waals surface area contributed by atoms with Crippen LogP contribution in [0, 0.1) is 17.7 Å². The van der Waals surface area contributed by atoms with Crippen molar-refractivity contribution in [3.8, 4) is 11.8 Å². The number of rotatable bonds is 0. The summed E-state index contributed by atoms with van der Waals surface area (Å²) in [6, 6.07) is 9.59. The van der Waals surface area contributed by atoms with Crippen LogP contribution in [0.4, 0.5) is 4.39 Å². The zero-order chi connectivity index (χ0) is 11.5. The third-order valence-electron chi connectivity index (χ3n) is 2.17. The van der Waals surface area contributed by atoms with Gasteiger partial charge in [-0.3, -0.25) is 0 Å². The molecule has 0 aromatic heterocycles. The number of carboxylic acids is 1. The summed E-state index contributed by atoms with van der Waals surface area (Å²) in [4.78, 5) is 10.3. The van der Waals surface area contributed by atoms with E-state index in [2.05, 4.69) is 5.92 Å². The van der Waals surface area contributed by atoms with Gasteiger partial charge >= 0.3 is 5.97 Å². The summed E-state index contributed by atoms with van der Waals surface area (Å²) < 4.78 is 13.4.